The van der Waals surface area contributed by atoms with Gasteiger partial charge in [0.2, 0.25) is 0 Å². The fraction of sp³-hybridized carbons (Fsp3) is 0.188. The van der Waals surface area contributed by atoms with Crippen molar-refractivity contribution in [2.45, 2.75) is 18.5 Å². The highest BCUT2D eigenvalue weighted by atomic mass is 19.4. The number of benzene rings is 1. The van der Waals surface area contributed by atoms with Crippen LogP contribution in [0.1, 0.15) is 15.9 Å². The zero-order valence-electron chi connectivity index (χ0n) is 13.3. The monoisotopic (exact) mass is 391 g/mol. The smallest absolute Gasteiger partial charge is 0.430 e. The van der Waals surface area contributed by atoms with E-state index < -0.39 is 30.1 Å². The summed E-state index contributed by atoms with van der Waals surface area (Å²) in [6.45, 7) is 0. The van der Waals surface area contributed by atoms with Gasteiger partial charge < -0.3 is 4.74 Å². The van der Waals surface area contributed by atoms with Crippen molar-refractivity contribution in [1.29, 1.82) is 0 Å². The van der Waals surface area contributed by atoms with Crippen LogP contribution in [0.3, 0.4) is 0 Å². The molecule has 0 saturated carbocycles. The first kappa shape index (κ1) is 20.2. The number of pyridine rings is 1. The molecule has 2 rings (SSSR count). The molecule has 0 radical (unpaired) electrons. The third-order valence-corrected chi connectivity index (χ3v) is 3.02. The average Bonchev–Trinajstić information content (AvgIpc) is 2.62. The lowest BCUT2D eigenvalue weighted by Gasteiger charge is -2.23. The number of carbonyl (C=O) groups excluding carboxylic acids is 1. The fourth-order valence-corrected chi connectivity index (χ4v) is 1.75. The van der Waals surface area contributed by atoms with E-state index in [2.05, 4.69) is 20.2 Å². The molecule has 0 aliphatic carbocycles. The Bertz CT molecular complexity index is 794. The van der Waals surface area contributed by atoms with E-state index in [1.807, 2.05) is 0 Å². The van der Waals surface area contributed by atoms with Crippen molar-refractivity contribution in [1.82, 2.24) is 10.4 Å². The molecule has 11 heteroatoms. The number of ether oxygens (including phenoxy) is 1. The van der Waals surface area contributed by atoms with E-state index in [0.29, 0.717) is 5.56 Å². The van der Waals surface area contributed by atoms with Crippen LogP contribution in [0.4, 0.5) is 26.3 Å². The summed E-state index contributed by atoms with van der Waals surface area (Å²) in [5.41, 5.74) is 2.76. The molecule has 1 amide bonds. The molecule has 27 heavy (non-hydrogen) atoms. The van der Waals surface area contributed by atoms with Crippen LogP contribution in [-0.4, -0.2) is 35.6 Å². The van der Waals surface area contributed by atoms with E-state index in [1.54, 1.807) is 6.07 Å². The second-order valence-electron chi connectivity index (χ2n) is 5.08. The standard InChI is InChI=1S/C16H11F6N3O2/c17-14(15(18,19)20)16(21,22)27-12-5-3-10(4-6-12)8-24-25-13(26)11-2-1-7-23-9-11/h1-9,14H,(H,25,26)/b24-8-/t14-/m0/s1. The third-order valence-electron chi connectivity index (χ3n) is 3.02. The fourth-order valence-electron chi connectivity index (χ4n) is 1.75. The molecule has 0 fully saturated rings. The van der Waals surface area contributed by atoms with E-state index in [1.165, 1.54) is 30.6 Å². The van der Waals surface area contributed by atoms with Gasteiger partial charge in [-0.05, 0) is 42.0 Å². The van der Waals surface area contributed by atoms with Crippen LogP contribution in [0.15, 0.2) is 53.9 Å². The summed E-state index contributed by atoms with van der Waals surface area (Å²) in [7, 11) is 0. The zero-order valence-corrected chi connectivity index (χ0v) is 13.3. The first-order valence-corrected chi connectivity index (χ1v) is 7.21. The summed E-state index contributed by atoms with van der Waals surface area (Å²) >= 11 is 0. The van der Waals surface area contributed by atoms with Gasteiger partial charge in [0.15, 0.2) is 0 Å². The first-order chi connectivity index (χ1) is 12.6. The van der Waals surface area contributed by atoms with Gasteiger partial charge in [0, 0.05) is 12.4 Å². The topological polar surface area (TPSA) is 63.6 Å². The largest absolute Gasteiger partial charge is 0.439 e. The molecule has 1 N–H and O–H groups in total. The lowest BCUT2D eigenvalue weighted by molar-refractivity contribution is -0.304. The molecule has 1 atom stereocenters. The minimum Gasteiger partial charge on any atom is -0.430 e. The Balaban J connectivity index is 1.96. The quantitative estimate of drug-likeness (QED) is 0.464. The van der Waals surface area contributed by atoms with Crippen LogP contribution < -0.4 is 10.2 Å². The van der Waals surface area contributed by atoms with Crippen molar-refractivity contribution in [3.63, 3.8) is 0 Å². The predicted molar refractivity (Wildman–Crippen MR) is 82.3 cm³/mol. The van der Waals surface area contributed by atoms with E-state index in [9.17, 15) is 31.1 Å². The lowest BCUT2D eigenvalue weighted by atomic mass is 10.2. The molecule has 0 aliphatic rings. The highest BCUT2D eigenvalue weighted by molar-refractivity contribution is 5.94. The number of carbonyl (C=O) groups is 1. The first-order valence-electron chi connectivity index (χ1n) is 7.21. The molecule has 5 nitrogen and oxygen atoms in total. The Kier molecular flexibility index (Phi) is 6.03. The van der Waals surface area contributed by atoms with E-state index in [0.717, 1.165) is 18.3 Å². The molecule has 144 valence electrons. The average molecular weight is 391 g/mol. The highest BCUT2D eigenvalue weighted by Gasteiger charge is 2.59. The normalized spacial score (nSPS) is 13.4. The van der Waals surface area contributed by atoms with Crippen LogP contribution in [0, 0.1) is 0 Å². The molecule has 1 aromatic heterocycles. The van der Waals surface area contributed by atoms with E-state index in [4.69, 9.17) is 0 Å². The maximum Gasteiger partial charge on any atom is 0.439 e. The molecular weight excluding hydrogens is 380 g/mol. The number of nitrogens with one attached hydrogen (secondary N) is 1. The number of nitrogens with zero attached hydrogens (tertiary/aromatic N) is 2. The van der Waals surface area contributed by atoms with Crippen molar-refractivity contribution >= 4 is 12.1 Å². The summed E-state index contributed by atoms with van der Waals surface area (Å²) in [6, 6.07) is 7.21. The number of amides is 1. The molecular formula is C16H11F6N3O2. The third kappa shape index (κ3) is 5.69. The summed E-state index contributed by atoms with van der Waals surface area (Å²) in [4.78, 5) is 15.4. The minimum atomic E-state index is -5.76. The van der Waals surface area contributed by atoms with Crippen LogP contribution in [0.2, 0.25) is 0 Å². The molecule has 0 saturated heterocycles. The highest BCUT2D eigenvalue weighted by Crippen LogP contribution is 2.36. The predicted octanol–water partition coefficient (Wildman–Crippen LogP) is 3.72. The Morgan fingerprint density at radius 3 is 2.37 bits per heavy atom. The number of aromatic nitrogens is 1. The number of halogens is 6. The molecule has 0 spiro atoms. The Morgan fingerprint density at radius 2 is 1.81 bits per heavy atom. The van der Waals surface area contributed by atoms with Crippen molar-refractivity contribution in [3.8, 4) is 5.75 Å². The van der Waals surface area contributed by atoms with Crippen molar-refractivity contribution < 1.29 is 35.9 Å². The Morgan fingerprint density at radius 1 is 1.15 bits per heavy atom. The zero-order chi connectivity index (χ0) is 20.1. The second-order valence-corrected chi connectivity index (χ2v) is 5.08. The Hall–Kier alpha value is -3.11. The minimum absolute atomic E-state index is 0.256. The molecule has 0 aliphatic heterocycles. The van der Waals surface area contributed by atoms with Crippen LogP contribution >= 0.6 is 0 Å². The number of alkyl halides is 6. The maximum absolute atomic E-state index is 13.2. The number of hydrogen-bond acceptors (Lipinski definition) is 4. The van der Waals surface area contributed by atoms with E-state index >= 15 is 0 Å². The van der Waals surface area contributed by atoms with Crippen molar-refractivity contribution in [2.75, 3.05) is 0 Å². The number of rotatable bonds is 6. The number of hydrogen-bond donors (Lipinski definition) is 1. The lowest BCUT2D eigenvalue weighted by Crippen LogP contribution is -2.45. The molecule has 2 aromatic rings. The van der Waals surface area contributed by atoms with Crippen LogP contribution in [0.25, 0.3) is 0 Å². The van der Waals surface area contributed by atoms with Gasteiger partial charge in [0.25, 0.3) is 12.1 Å². The molecule has 1 aromatic carbocycles. The Labute approximate surface area is 148 Å². The van der Waals surface area contributed by atoms with Gasteiger partial charge in [0.1, 0.15) is 5.75 Å². The van der Waals surface area contributed by atoms with Crippen LogP contribution in [0.5, 0.6) is 5.75 Å². The summed E-state index contributed by atoms with van der Waals surface area (Å²) in [5, 5.41) is 3.63. The second kappa shape index (κ2) is 8.06. The summed E-state index contributed by atoms with van der Waals surface area (Å²) < 4.78 is 79.0. The number of hydrazone groups is 1. The SMILES string of the molecule is O=C(N/N=C\c1ccc(OC(F)(F)[C@@H](F)C(F)(F)F)cc1)c1cccnc1. The van der Waals surface area contributed by atoms with Gasteiger partial charge >= 0.3 is 12.3 Å². The van der Waals surface area contributed by atoms with Gasteiger partial charge in [-0.2, -0.15) is 27.1 Å². The molecule has 0 bridgehead atoms. The summed E-state index contributed by atoms with van der Waals surface area (Å²) in [5.74, 6) is -1.22. The van der Waals surface area contributed by atoms with Gasteiger partial charge in [-0.25, -0.2) is 9.82 Å². The van der Waals surface area contributed by atoms with E-state index in [-0.39, 0.29) is 5.56 Å². The van der Waals surface area contributed by atoms with Gasteiger partial charge in [-0.1, -0.05) is 0 Å². The van der Waals surface area contributed by atoms with Crippen LogP contribution in [-0.2, 0) is 0 Å². The van der Waals surface area contributed by atoms with Gasteiger partial charge in [-0.3, -0.25) is 9.78 Å². The van der Waals surface area contributed by atoms with Crippen molar-refractivity contribution in [2.24, 2.45) is 5.10 Å². The molecule has 0 unspecified atom stereocenters. The summed E-state index contributed by atoms with van der Waals surface area (Å²) in [6.07, 6.45) is -11.4. The molecule has 1 heterocycles. The van der Waals surface area contributed by atoms with Gasteiger partial charge in [0.05, 0.1) is 11.8 Å². The van der Waals surface area contributed by atoms with Crippen molar-refractivity contribution in [3.05, 3.63) is 59.9 Å². The maximum atomic E-state index is 13.2. The van der Waals surface area contributed by atoms with Gasteiger partial charge in [-0.15, -0.1) is 0 Å².